The number of unbranched alkanes of at least 4 members (excludes halogenated alkanes) is 2. The van der Waals surface area contributed by atoms with Crippen LogP contribution in [0.5, 0.6) is 0 Å². The van der Waals surface area contributed by atoms with E-state index in [2.05, 4.69) is 17.6 Å². The van der Waals surface area contributed by atoms with Crippen LogP contribution < -0.4 is 10.6 Å². The number of hydrogen-bond donors (Lipinski definition) is 2. The number of carbonyl (C=O) groups is 4. The normalized spacial score (nSPS) is 11.3. The summed E-state index contributed by atoms with van der Waals surface area (Å²) < 4.78 is 10.3. The molecule has 3 rings (SSSR count). The van der Waals surface area contributed by atoms with Crippen LogP contribution in [-0.2, 0) is 25.8 Å². The Labute approximate surface area is 233 Å². The Balaban J connectivity index is 1.52. The Morgan fingerprint density at radius 2 is 1.73 bits per heavy atom. The molecule has 1 atom stereocenters. The number of benzene rings is 2. The first-order valence-electron chi connectivity index (χ1n) is 13.2. The molecule has 1 heterocycles. The number of methoxy groups -OCH3 is 1. The van der Waals surface area contributed by atoms with Gasteiger partial charge in [-0.15, -0.1) is 0 Å². The van der Waals surface area contributed by atoms with Crippen LogP contribution in [0.15, 0.2) is 71.1 Å². The Bertz CT molecular complexity index is 1240. The summed E-state index contributed by atoms with van der Waals surface area (Å²) in [6.45, 7) is 2.26. The van der Waals surface area contributed by atoms with Gasteiger partial charge in [0, 0.05) is 5.56 Å². The number of esters is 1. The highest BCUT2D eigenvalue weighted by Crippen LogP contribution is 2.23. The number of ether oxygens (including phenoxy) is 1. The lowest BCUT2D eigenvalue weighted by Gasteiger charge is -2.23. The summed E-state index contributed by atoms with van der Waals surface area (Å²) in [6, 6.07) is 19.2. The van der Waals surface area contributed by atoms with E-state index in [1.165, 1.54) is 13.2 Å². The van der Waals surface area contributed by atoms with Gasteiger partial charge >= 0.3 is 5.97 Å². The zero-order valence-corrected chi connectivity index (χ0v) is 22.8. The van der Waals surface area contributed by atoms with Crippen LogP contribution >= 0.6 is 0 Å². The van der Waals surface area contributed by atoms with Crippen LogP contribution in [-0.4, -0.2) is 49.6 Å². The molecule has 2 N–H and O–H groups in total. The summed E-state index contributed by atoms with van der Waals surface area (Å²) in [4.78, 5) is 54.4. The number of amides is 3. The predicted molar refractivity (Wildman–Crippen MR) is 148 cm³/mol. The van der Waals surface area contributed by atoms with Crippen molar-refractivity contribution >= 4 is 24.2 Å². The quantitative estimate of drug-likeness (QED) is 0.0895. The molecule has 0 spiro atoms. The zero-order chi connectivity index (χ0) is 28.7. The fourth-order valence-corrected chi connectivity index (χ4v) is 3.97. The van der Waals surface area contributed by atoms with Crippen molar-refractivity contribution < 1.29 is 33.2 Å². The van der Waals surface area contributed by atoms with Crippen molar-refractivity contribution in [1.29, 1.82) is 0 Å². The third-order valence-corrected chi connectivity index (χ3v) is 6.22. The van der Waals surface area contributed by atoms with Gasteiger partial charge in [0.1, 0.15) is 12.4 Å². The van der Waals surface area contributed by atoms with Crippen molar-refractivity contribution in [2.75, 3.05) is 20.3 Å². The van der Waals surface area contributed by atoms with Crippen LogP contribution in [0.3, 0.4) is 0 Å². The van der Waals surface area contributed by atoms with Gasteiger partial charge in [-0.1, -0.05) is 68.7 Å². The molecule has 0 saturated heterocycles. The second-order valence-electron chi connectivity index (χ2n) is 9.11. The third-order valence-electron chi connectivity index (χ3n) is 6.22. The summed E-state index contributed by atoms with van der Waals surface area (Å²) in [5, 5.41) is 6.48. The molecule has 0 aliphatic rings. The Hall–Kier alpha value is -4.44. The van der Waals surface area contributed by atoms with Crippen LogP contribution in [0.2, 0.25) is 0 Å². The number of nitrogens with zero attached hydrogens (tertiary/aromatic N) is 1. The van der Waals surface area contributed by atoms with E-state index in [-0.39, 0.29) is 31.5 Å². The van der Waals surface area contributed by atoms with Crippen molar-refractivity contribution in [1.82, 2.24) is 15.7 Å². The number of carbonyl (C=O) groups excluding carboxylic acids is 4. The van der Waals surface area contributed by atoms with Gasteiger partial charge in [-0.3, -0.25) is 19.2 Å². The molecule has 0 radical (unpaired) electrons. The molecule has 1 aromatic heterocycles. The zero-order valence-electron chi connectivity index (χ0n) is 22.8. The van der Waals surface area contributed by atoms with E-state index in [4.69, 9.17) is 14.0 Å². The van der Waals surface area contributed by atoms with Crippen molar-refractivity contribution in [3.63, 3.8) is 0 Å². The molecular formula is C30H35N3O7. The lowest BCUT2D eigenvalue weighted by Crippen LogP contribution is -2.43. The molecule has 10 nitrogen and oxygen atoms in total. The molecule has 0 fully saturated rings. The Morgan fingerprint density at radius 3 is 2.40 bits per heavy atom. The highest BCUT2D eigenvalue weighted by atomic mass is 16.7. The minimum Gasteiger partial charge on any atom is -0.465 e. The first-order valence-corrected chi connectivity index (χ1v) is 13.2. The van der Waals surface area contributed by atoms with Gasteiger partial charge in [-0.05, 0) is 36.2 Å². The van der Waals surface area contributed by atoms with E-state index in [0.717, 1.165) is 29.9 Å². The second-order valence-corrected chi connectivity index (χ2v) is 9.11. The number of hydroxylamine groups is 2. The van der Waals surface area contributed by atoms with Crippen molar-refractivity contribution in [3.05, 3.63) is 83.6 Å². The highest BCUT2D eigenvalue weighted by Gasteiger charge is 2.22. The maximum Gasteiger partial charge on any atom is 0.337 e. The Kier molecular flexibility index (Phi) is 11.9. The van der Waals surface area contributed by atoms with Gasteiger partial charge in [0.25, 0.3) is 5.91 Å². The number of hydrogen-bond acceptors (Lipinski definition) is 7. The molecule has 10 heteroatoms. The van der Waals surface area contributed by atoms with Gasteiger partial charge in [0.05, 0.1) is 31.8 Å². The standard InChI is InChI=1S/C30H35N3O7/c1-3-4-6-11-25(18-33(21-34)39-19-22-9-7-5-8-10-22)28(35)31-20-32-29(36)27-17-16-26(40-27)23-12-14-24(15-13-23)30(37)38-2/h5,7-10,12-17,21,25H,3-4,6,11,18-20H2,1-2H3,(H,31,35)(H,32,36)/t25-/m1/s1. The minimum absolute atomic E-state index is 0.0715. The summed E-state index contributed by atoms with van der Waals surface area (Å²) in [6.07, 6.45) is 3.92. The molecule has 0 bridgehead atoms. The summed E-state index contributed by atoms with van der Waals surface area (Å²) >= 11 is 0. The van der Waals surface area contributed by atoms with Gasteiger partial charge < -0.3 is 19.8 Å². The molecule has 0 saturated carbocycles. The maximum atomic E-state index is 13.0. The first-order chi connectivity index (χ1) is 19.4. The molecule has 212 valence electrons. The topological polar surface area (TPSA) is 127 Å². The van der Waals surface area contributed by atoms with E-state index >= 15 is 0 Å². The van der Waals surface area contributed by atoms with Gasteiger partial charge in [-0.25, -0.2) is 9.86 Å². The molecule has 2 aromatic carbocycles. The van der Waals surface area contributed by atoms with Crippen molar-refractivity contribution in [2.45, 2.75) is 39.2 Å². The van der Waals surface area contributed by atoms with E-state index in [0.29, 0.717) is 29.7 Å². The lowest BCUT2D eigenvalue weighted by atomic mass is 10.0. The Morgan fingerprint density at radius 1 is 0.975 bits per heavy atom. The molecule has 40 heavy (non-hydrogen) atoms. The largest absolute Gasteiger partial charge is 0.465 e. The predicted octanol–water partition coefficient (Wildman–Crippen LogP) is 4.32. The molecule has 0 aliphatic heterocycles. The average Bonchev–Trinajstić information content (AvgIpc) is 3.49. The SMILES string of the molecule is CCCCC[C@H](CN(C=O)OCc1ccccc1)C(=O)NCNC(=O)c1ccc(-c2ccc(C(=O)OC)cc2)o1. The van der Waals surface area contributed by atoms with Gasteiger partial charge in [-0.2, -0.15) is 0 Å². The van der Waals surface area contributed by atoms with Crippen LogP contribution in [0.25, 0.3) is 11.3 Å². The molecule has 0 unspecified atom stereocenters. The smallest absolute Gasteiger partial charge is 0.337 e. The molecule has 0 aliphatic carbocycles. The van der Waals surface area contributed by atoms with Gasteiger partial charge in [0.2, 0.25) is 12.3 Å². The lowest BCUT2D eigenvalue weighted by molar-refractivity contribution is -0.182. The van der Waals surface area contributed by atoms with Crippen LogP contribution in [0.4, 0.5) is 0 Å². The molecule has 3 amide bonds. The van der Waals surface area contributed by atoms with E-state index in [9.17, 15) is 19.2 Å². The van der Waals surface area contributed by atoms with E-state index < -0.39 is 17.8 Å². The highest BCUT2D eigenvalue weighted by molar-refractivity contribution is 5.92. The minimum atomic E-state index is -0.507. The number of furan rings is 1. The molecule has 3 aromatic rings. The second kappa shape index (κ2) is 15.8. The summed E-state index contributed by atoms with van der Waals surface area (Å²) in [7, 11) is 1.31. The third kappa shape index (κ3) is 9.09. The van der Waals surface area contributed by atoms with Crippen LogP contribution in [0.1, 0.15) is 59.1 Å². The fourth-order valence-electron chi connectivity index (χ4n) is 3.97. The monoisotopic (exact) mass is 549 g/mol. The van der Waals surface area contributed by atoms with E-state index in [1.807, 2.05) is 30.3 Å². The average molecular weight is 550 g/mol. The van der Waals surface area contributed by atoms with Crippen molar-refractivity contribution in [3.8, 4) is 11.3 Å². The number of nitrogens with one attached hydrogen (secondary N) is 2. The van der Waals surface area contributed by atoms with E-state index in [1.54, 1.807) is 30.3 Å². The van der Waals surface area contributed by atoms with Crippen molar-refractivity contribution in [2.24, 2.45) is 5.92 Å². The summed E-state index contributed by atoms with van der Waals surface area (Å²) in [5.41, 5.74) is 1.99. The summed E-state index contributed by atoms with van der Waals surface area (Å²) in [5.74, 6) is -1.22. The maximum absolute atomic E-state index is 13.0. The molecular weight excluding hydrogens is 514 g/mol. The fraction of sp³-hybridized carbons (Fsp3) is 0.333. The first kappa shape index (κ1) is 30.1. The van der Waals surface area contributed by atoms with Crippen LogP contribution in [0, 0.1) is 5.92 Å². The van der Waals surface area contributed by atoms with Gasteiger partial charge in [0.15, 0.2) is 5.76 Å². The number of rotatable bonds is 16.